The first-order valence-electron chi connectivity index (χ1n) is 13.2. The summed E-state index contributed by atoms with van der Waals surface area (Å²) in [5.74, 6) is -0.235. The zero-order chi connectivity index (χ0) is 27.5. The minimum Gasteiger partial charge on any atom is -0.494 e. The number of carboxylic acids is 1. The van der Waals surface area contributed by atoms with E-state index in [2.05, 4.69) is 21.4 Å². The smallest absolute Gasteiger partial charge is 0.355 e. The van der Waals surface area contributed by atoms with Gasteiger partial charge in [0.25, 0.3) is 0 Å². The molecule has 0 saturated carbocycles. The van der Waals surface area contributed by atoms with Gasteiger partial charge in [0.2, 0.25) is 6.35 Å². The Labute approximate surface area is 239 Å². The molecule has 0 radical (unpaired) electrons. The number of nitrogens with one attached hydrogen (secondary N) is 1. The second-order valence-electron chi connectivity index (χ2n) is 9.51. The van der Waals surface area contributed by atoms with Crippen molar-refractivity contribution in [3.8, 4) is 16.3 Å². The van der Waals surface area contributed by atoms with Crippen molar-refractivity contribution in [2.45, 2.75) is 32.0 Å². The summed E-state index contributed by atoms with van der Waals surface area (Å²) in [5.41, 5.74) is 3.86. The Morgan fingerprint density at radius 3 is 2.70 bits per heavy atom. The van der Waals surface area contributed by atoms with E-state index in [4.69, 9.17) is 4.74 Å². The minimum atomic E-state index is -1.03. The number of aromatic nitrogens is 2. The van der Waals surface area contributed by atoms with Gasteiger partial charge in [-0.3, -0.25) is 0 Å². The highest BCUT2D eigenvalue weighted by Gasteiger charge is 2.25. The maximum Gasteiger partial charge on any atom is 0.355 e. The Morgan fingerprint density at radius 1 is 1.05 bits per heavy atom. The van der Waals surface area contributed by atoms with E-state index < -0.39 is 12.3 Å². The SMILES string of the molecule is O=C(O)c1nc(-c2ccc3c(c2)N(C(O)Nc2nc4ccccc4s2)CCC3)sc1CCCOc1ccccc1. The highest BCUT2D eigenvalue weighted by molar-refractivity contribution is 7.22. The van der Waals surface area contributed by atoms with Crippen LogP contribution >= 0.6 is 22.7 Å². The fourth-order valence-corrected chi connectivity index (χ4v) is 6.84. The number of nitrogens with zero attached hydrogens (tertiary/aromatic N) is 3. The number of aliphatic hydroxyl groups is 1. The third kappa shape index (κ3) is 5.65. The number of benzene rings is 3. The molecule has 1 atom stereocenters. The Balaban J connectivity index is 1.20. The average Bonchev–Trinajstić information content (AvgIpc) is 3.59. The number of aromatic carboxylic acids is 1. The Bertz CT molecular complexity index is 1600. The van der Waals surface area contributed by atoms with Gasteiger partial charge in [0.05, 0.1) is 16.8 Å². The van der Waals surface area contributed by atoms with Gasteiger partial charge in [0.15, 0.2) is 10.8 Å². The summed E-state index contributed by atoms with van der Waals surface area (Å²) in [6.07, 6.45) is 2.11. The summed E-state index contributed by atoms with van der Waals surface area (Å²) >= 11 is 2.90. The zero-order valence-electron chi connectivity index (χ0n) is 21.6. The maximum atomic E-state index is 12.0. The fraction of sp³-hybridized carbons (Fsp3) is 0.233. The molecule has 0 spiro atoms. The van der Waals surface area contributed by atoms with Crippen molar-refractivity contribution in [1.29, 1.82) is 0 Å². The number of carbonyl (C=O) groups is 1. The van der Waals surface area contributed by atoms with E-state index >= 15 is 0 Å². The number of aryl methyl sites for hydroxylation is 2. The number of hydrogen-bond acceptors (Lipinski definition) is 9. The molecule has 6 rings (SSSR count). The van der Waals surface area contributed by atoms with Crippen LogP contribution in [0.25, 0.3) is 20.8 Å². The quantitative estimate of drug-likeness (QED) is 0.133. The van der Waals surface area contributed by atoms with Gasteiger partial charge in [-0.1, -0.05) is 53.8 Å². The molecule has 1 aliphatic heterocycles. The van der Waals surface area contributed by atoms with Gasteiger partial charge < -0.3 is 25.2 Å². The molecule has 204 valence electrons. The monoisotopic (exact) mass is 572 g/mol. The summed E-state index contributed by atoms with van der Waals surface area (Å²) < 4.78 is 6.83. The Hall–Kier alpha value is -3.99. The van der Waals surface area contributed by atoms with Crippen LogP contribution in [0.2, 0.25) is 0 Å². The van der Waals surface area contributed by atoms with Gasteiger partial charge >= 0.3 is 5.97 Å². The van der Waals surface area contributed by atoms with Gasteiger partial charge in [-0.25, -0.2) is 14.8 Å². The first-order chi connectivity index (χ1) is 19.5. The standard InChI is InChI=1S/C30H28N4O4S2/c35-28(36)26-25(13-7-17-38-21-9-2-1-3-10-21)39-27(32-26)20-15-14-19-8-6-16-34(23(19)18-20)30(37)33-29-31-22-11-4-5-12-24(22)40-29/h1-5,9-12,14-15,18,30,37H,6-8,13,16-17H2,(H,31,33)(H,35,36). The molecule has 0 aliphatic carbocycles. The predicted molar refractivity (Wildman–Crippen MR) is 160 cm³/mol. The highest BCUT2D eigenvalue weighted by atomic mass is 32.1. The van der Waals surface area contributed by atoms with Crippen LogP contribution in [0.15, 0.2) is 72.8 Å². The molecule has 0 fully saturated rings. The third-order valence-corrected chi connectivity index (χ3v) is 8.92. The summed E-state index contributed by atoms with van der Waals surface area (Å²) in [4.78, 5) is 23.7. The number of carboxylic acid groups (broad SMARTS) is 1. The van der Waals surface area contributed by atoms with Crippen molar-refractivity contribution in [1.82, 2.24) is 9.97 Å². The number of fused-ring (bicyclic) bond motifs is 2. The van der Waals surface area contributed by atoms with E-state index in [1.54, 1.807) is 0 Å². The average molecular weight is 573 g/mol. The lowest BCUT2D eigenvalue weighted by Crippen LogP contribution is -2.43. The van der Waals surface area contributed by atoms with Crippen LogP contribution in [0.1, 0.15) is 33.8 Å². The van der Waals surface area contributed by atoms with E-state index in [1.165, 1.54) is 22.7 Å². The molecule has 3 aromatic carbocycles. The van der Waals surface area contributed by atoms with Crippen LogP contribution < -0.4 is 15.0 Å². The summed E-state index contributed by atoms with van der Waals surface area (Å²) in [5, 5.41) is 25.4. The second kappa shape index (κ2) is 11.6. The zero-order valence-corrected chi connectivity index (χ0v) is 23.3. The van der Waals surface area contributed by atoms with Crippen molar-refractivity contribution in [2.75, 3.05) is 23.4 Å². The molecule has 8 nitrogen and oxygen atoms in total. The molecule has 40 heavy (non-hydrogen) atoms. The molecular formula is C30H28N4O4S2. The van der Waals surface area contributed by atoms with E-state index in [1.807, 2.05) is 71.6 Å². The van der Waals surface area contributed by atoms with Gasteiger partial charge in [-0.15, -0.1) is 11.3 Å². The molecule has 0 amide bonds. The van der Waals surface area contributed by atoms with E-state index in [0.717, 1.165) is 50.5 Å². The molecule has 3 heterocycles. The van der Waals surface area contributed by atoms with Crippen LogP contribution in [-0.4, -0.2) is 45.7 Å². The Kier molecular flexibility index (Phi) is 7.63. The minimum absolute atomic E-state index is 0.0897. The van der Waals surface area contributed by atoms with E-state index in [9.17, 15) is 15.0 Å². The van der Waals surface area contributed by atoms with E-state index in [-0.39, 0.29) is 5.69 Å². The lowest BCUT2D eigenvalue weighted by Gasteiger charge is -2.35. The Morgan fingerprint density at radius 2 is 1.88 bits per heavy atom. The second-order valence-corrected chi connectivity index (χ2v) is 11.6. The van der Waals surface area contributed by atoms with Crippen molar-refractivity contribution in [2.24, 2.45) is 0 Å². The first kappa shape index (κ1) is 26.2. The highest BCUT2D eigenvalue weighted by Crippen LogP contribution is 2.36. The normalized spacial score (nSPS) is 13.7. The number of hydrogen-bond donors (Lipinski definition) is 3. The lowest BCUT2D eigenvalue weighted by atomic mass is 10.00. The molecule has 2 aromatic heterocycles. The molecular weight excluding hydrogens is 544 g/mol. The van der Waals surface area contributed by atoms with Crippen molar-refractivity contribution >= 4 is 49.7 Å². The summed E-state index contributed by atoms with van der Waals surface area (Å²) in [6.45, 7) is 1.17. The number of thiazole rings is 2. The number of anilines is 2. The van der Waals surface area contributed by atoms with Crippen LogP contribution in [-0.2, 0) is 12.8 Å². The number of aliphatic hydroxyl groups excluding tert-OH is 1. The number of para-hydroxylation sites is 2. The fourth-order valence-electron chi connectivity index (χ4n) is 4.86. The maximum absolute atomic E-state index is 12.0. The van der Waals surface area contributed by atoms with Crippen molar-refractivity contribution in [3.05, 3.63) is 88.9 Å². The largest absolute Gasteiger partial charge is 0.494 e. The van der Waals surface area contributed by atoms with Gasteiger partial charge in [-0.05, 0) is 61.6 Å². The van der Waals surface area contributed by atoms with Gasteiger partial charge in [0, 0.05) is 22.7 Å². The van der Waals surface area contributed by atoms with E-state index in [0.29, 0.717) is 36.1 Å². The summed E-state index contributed by atoms with van der Waals surface area (Å²) in [6, 6.07) is 23.5. The first-order valence-corrected chi connectivity index (χ1v) is 14.8. The molecule has 5 aromatic rings. The van der Waals surface area contributed by atoms with Crippen LogP contribution in [0.3, 0.4) is 0 Å². The summed E-state index contributed by atoms with van der Waals surface area (Å²) in [7, 11) is 0. The molecule has 0 saturated heterocycles. The molecule has 1 unspecified atom stereocenters. The van der Waals surface area contributed by atoms with Crippen molar-refractivity contribution < 1.29 is 19.7 Å². The molecule has 3 N–H and O–H groups in total. The number of rotatable bonds is 10. The van der Waals surface area contributed by atoms with Crippen LogP contribution in [0.4, 0.5) is 10.8 Å². The topological polar surface area (TPSA) is 108 Å². The van der Waals surface area contributed by atoms with Crippen molar-refractivity contribution in [3.63, 3.8) is 0 Å². The molecule has 10 heteroatoms. The van der Waals surface area contributed by atoms with Gasteiger partial charge in [-0.2, -0.15) is 0 Å². The predicted octanol–water partition coefficient (Wildman–Crippen LogP) is 6.27. The third-order valence-electron chi connectivity index (χ3n) is 6.79. The molecule has 0 bridgehead atoms. The number of ether oxygens (including phenoxy) is 1. The van der Waals surface area contributed by atoms with Gasteiger partial charge in [0.1, 0.15) is 10.8 Å². The van der Waals surface area contributed by atoms with Crippen LogP contribution in [0, 0.1) is 0 Å². The molecule has 1 aliphatic rings. The van der Waals surface area contributed by atoms with Crippen LogP contribution in [0.5, 0.6) is 5.75 Å². The lowest BCUT2D eigenvalue weighted by molar-refractivity contribution is 0.0690.